The van der Waals surface area contributed by atoms with Gasteiger partial charge in [-0.15, -0.1) is 6.58 Å². The number of likely N-dealkylation sites (tertiary alicyclic amines) is 1. The normalized spacial score (nSPS) is 17.4. The van der Waals surface area contributed by atoms with E-state index in [9.17, 15) is 26.9 Å². The SMILES string of the molecule is C=CCN1CCC(c2cccc(S(=O)(=O)C(F)(F)F)c2C#N)CC1. The molecule has 0 saturated carbocycles. The fraction of sp³-hybridized carbons (Fsp3) is 0.438. The van der Waals surface area contributed by atoms with Crippen LogP contribution in [-0.2, 0) is 9.84 Å². The Bertz CT molecular complexity index is 759. The predicted octanol–water partition coefficient (Wildman–Crippen LogP) is 3.22. The van der Waals surface area contributed by atoms with Crippen LogP contribution in [0.15, 0.2) is 35.7 Å². The number of hydrogen-bond donors (Lipinski definition) is 0. The van der Waals surface area contributed by atoms with E-state index < -0.39 is 25.8 Å². The Hall–Kier alpha value is -1.85. The zero-order valence-electron chi connectivity index (χ0n) is 12.9. The first-order valence-corrected chi connectivity index (χ1v) is 8.88. The largest absolute Gasteiger partial charge is 0.501 e. The van der Waals surface area contributed by atoms with E-state index in [1.165, 1.54) is 6.07 Å². The van der Waals surface area contributed by atoms with Crippen molar-refractivity contribution in [3.8, 4) is 6.07 Å². The van der Waals surface area contributed by atoms with Crippen molar-refractivity contribution in [3.63, 3.8) is 0 Å². The third-order valence-electron chi connectivity index (χ3n) is 4.18. The lowest BCUT2D eigenvalue weighted by atomic mass is 9.87. The van der Waals surface area contributed by atoms with Crippen LogP contribution in [0.2, 0.25) is 0 Å². The highest BCUT2D eigenvalue weighted by Crippen LogP contribution is 2.37. The van der Waals surface area contributed by atoms with Crippen molar-refractivity contribution in [2.24, 2.45) is 0 Å². The number of alkyl halides is 3. The molecule has 0 radical (unpaired) electrons. The van der Waals surface area contributed by atoms with Gasteiger partial charge >= 0.3 is 5.51 Å². The second-order valence-corrected chi connectivity index (χ2v) is 7.55. The zero-order valence-corrected chi connectivity index (χ0v) is 13.7. The lowest BCUT2D eigenvalue weighted by molar-refractivity contribution is -0.0436. The smallest absolute Gasteiger partial charge is 0.300 e. The number of nitrogens with zero attached hydrogens (tertiary/aromatic N) is 2. The Morgan fingerprint density at radius 3 is 2.46 bits per heavy atom. The van der Waals surface area contributed by atoms with Gasteiger partial charge in [0, 0.05) is 6.54 Å². The van der Waals surface area contributed by atoms with Crippen LogP contribution in [-0.4, -0.2) is 38.5 Å². The summed E-state index contributed by atoms with van der Waals surface area (Å²) in [4.78, 5) is 1.19. The van der Waals surface area contributed by atoms with Gasteiger partial charge in [0.15, 0.2) is 0 Å². The maximum Gasteiger partial charge on any atom is 0.501 e. The van der Waals surface area contributed by atoms with E-state index in [2.05, 4.69) is 11.5 Å². The minimum absolute atomic E-state index is 0.135. The maximum atomic E-state index is 12.8. The Kier molecular flexibility index (Phi) is 5.35. The average molecular weight is 358 g/mol. The van der Waals surface area contributed by atoms with Crippen molar-refractivity contribution in [1.29, 1.82) is 5.26 Å². The average Bonchev–Trinajstić information content (AvgIpc) is 2.54. The quantitative estimate of drug-likeness (QED) is 0.776. The van der Waals surface area contributed by atoms with Crippen LogP contribution in [0.5, 0.6) is 0 Å². The van der Waals surface area contributed by atoms with Crippen molar-refractivity contribution in [1.82, 2.24) is 4.90 Å². The van der Waals surface area contributed by atoms with Crippen molar-refractivity contribution in [2.45, 2.75) is 29.2 Å². The number of rotatable bonds is 4. The lowest BCUT2D eigenvalue weighted by Crippen LogP contribution is -2.33. The van der Waals surface area contributed by atoms with Crippen LogP contribution in [0.25, 0.3) is 0 Å². The molecule has 1 heterocycles. The summed E-state index contributed by atoms with van der Waals surface area (Å²) >= 11 is 0. The molecule has 130 valence electrons. The molecule has 0 aliphatic carbocycles. The molecule has 0 aromatic heterocycles. The lowest BCUT2D eigenvalue weighted by Gasteiger charge is -2.32. The van der Waals surface area contributed by atoms with Gasteiger partial charge in [0.2, 0.25) is 0 Å². The van der Waals surface area contributed by atoms with E-state index >= 15 is 0 Å². The molecule has 0 spiro atoms. The van der Waals surface area contributed by atoms with Crippen LogP contribution in [0, 0.1) is 11.3 Å². The van der Waals surface area contributed by atoms with Gasteiger partial charge < -0.3 is 0 Å². The summed E-state index contributed by atoms with van der Waals surface area (Å²) in [5, 5.41) is 9.29. The summed E-state index contributed by atoms with van der Waals surface area (Å²) in [6.07, 6.45) is 3.08. The van der Waals surface area contributed by atoms with E-state index in [1.54, 1.807) is 18.2 Å². The first-order chi connectivity index (χ1) is 11.2. The molecule has 2 rings (SSSR count). The van der Waals surface area contributed by atoms with Crippen LogP contribution >= 0.6 is 0 Å². The van der Waals surface area contributed by atoms with Gasteiger partial charge in [-0.25, -0.2) is 8.42 Å². The summed E-state index contributed by atoms with van der Waals surface area (Å²) in [7, 11) is -5.55. The highest BCUT2D eigenvalue weighted by Gasteiger charge is 2.48. The number of halogens is 3. The molecule has 0 unspecified atom stereocenters. The van der Waals surface area contributed by atoms with Gasteiger partial charge in [0.05, 0.1) is 10.5 Å². The molecule has 1 aromatic rings. The van der Waals surface area contributed by atoms with Crippen LogP contribution in [0.4, 0.5) is 13.2 Å². The van der Waals surface area contributed by atoms with E-state index in [-0.39, 0.29) is 5.92 Å². The van der Waals surface area contributed by atoms with Gasteiger partial charge in [-0.05, 0) is 43.5 Å². The molecule has 24 heavy (non-hydrogen) atoms. The first-order valence-electron chi connectivity index (χ1n) is 7.40. The Morgan fingerprint density at radius 2 is 1.96 bits per heavy atom. The number of nitriles is 1. The van der Waals surface area contributed by atoms with Gasteiger partial charge in [0.25, 0.3) is 9.84 Å². The molecule has 1 aliphatic heterocycles. The number of hydrogen-bond acceptors (Lipinski definition) is 4. The predicted molar refractivity (Wildman–Crippen MR) is 83.0 cm³/mol. The molecule has 4 nitrogen and oxygen atoms in total. The standard InChI is InChI=1S/C16H17F3N2O2S/c1-2-8-21-9-6-12(7-10-21)13-4-3-5-15(14(13)11-20)24(22,23)16(17,18)19/h2-5,12H,1,6-10H2. The fourth-order valence-electron chi connectivity index (χ4n) is 2.97. The summed E-state index contributed by atoms with van der Waals surface area (Å²) in [6.45, 7) is 5.83. The van der Waals surface area contributed by atoms with Gasteiger partial charge in [-0.1, -0.05) is 18.2 Å². The molecule has 8 heteroatoms. The second kappa shape index (κ2) is 6.95. The van der Waals surface area contributed by atoms with Crippen LogP contribution < -0.4 is 0 Å². The van der Waals surface area contributed by atoms with E-state index in [0.717, 1.165) is 25.7 Å². The summed E-state index contributed by atoms with van der Waals surface area (Å²) in [6, 6.07) is 5.32. The summed E-state index contributed by atoms with van der Waals surface area (Å²) in [5.74, 6) is -0.135. The van der Waals surface area contributed by atoms with E-state index in [1.807, 2.05) is 0 Å². The Balaban J connectivity index is 2.39. The number of piperidine rings is 1. The van der Waals surface area contributed by atoms with Crippen molar-refractivity contribution < 1.29 is 21.6 Å². The molecule has 0 atom stereocenters. The molecular weight excluding hydrogens is 341 g/mol. The van der Waals surface area contributed by atoms with Crippen molar-refractivity contribution >= 4 is 9.84 Å². The zero-order chi connectivity index (χ0) is 18.0. The molecule has 1 aliphatic rings. The molecule has 0 amide bonds. The van der Waals surface area contributed by atoms with Gasteiger partial charge in [-0.2, -0.15) is 18.4 Å². The highest BCUT2D eigenvalue weighted by atomic mass is 32.2. The second-order valence-electron chi connectivity index (χ2n) is 5.64. The highest BCUT2D eigenvalue weighted by molar-refractivity contribution is 7.92. The summed E-state index contributed by atoms with van der Waals surface area (Å²) < 4.78 is 61.9. The van der Waals surface area contributed by atoms with Crippen molar-refractivity contribution in [2.75, 3.05) is 19.6 Å². The summed E-state index contributed by atoms with van der Waals surface area (Å²) in [5.41, 5.74) is -5.44. The maximum absolute atomic E-state index is 12.8. The molecule has 1 fully saturated rings. The van der Waals surface area contributed by atoms with Gasteiger partial charge in [0.1, 0.15) is 6.07 Å². The van der Waals surface area contributed by atoms with E-state index in [0.29, 0.717) is 18.4 Å². The Labute approximate surface area is 139 Å². The van der Waals surface area contributed by atoms with E-state index in [4.69, 9.17) is 0 Å². The number of benzene rings is 1. The number of sulfone groups is 1. The third-order valence-corrected chi connectivity index (χ3v) is 5.71. The monoisotopic (exact) mass is 358 g/mol. The molecule has 0 N–H and O–H groups in total. The first kappa shape index (κ1) is 18.5. The Morgan fingerprint density at radius 1 is 1.33 bits per heavy atom. The fourth-order valence-corrected chi connectivity index (χ4v) is 3.90. The third kappa shape index (κ3) is 3.47. The van der Waals surface area contributed by atoms with Crippen LogP contribution in [0.1, 0.15) is 29.9 Å². The molecule has 1 saturated heterocycles. The molecule has 1 aromatic carbocycles. The topological polar surface area (TPSA) is 61.2 Å². The minimum Gasteiger partial charge on any atom is -0.300 e. The minimum atomic E-state index is -5.55. The molecular formula is C16H17F3N2O2S. The van der Waals surface area contributed by atoms with Crippen LogP contribution in [0.3, 0.4) is 0 Å². The van der Waals surface area contributed by atoms with Crippen molar-refractivity contribution in [3.05, 3.63) is 42.0 Å². The van der Waals surface area contributed by atoms with Gasteiger partial charge in [-0.3, -0.25) is 4.90 Å². The molecule has 0 bridgehead atoms.